The zero-order valence-electron chi connectivity index (χ0n) is 7.82. The molecule has 0 bridgehead atoms. The molecule has 0 aliphatic heterocycles. The third-order valence-corrected chi connectivity index (χ3v) is 2.43. The van der Waals surface area contributed by atoms with Gasteiger partial charge in [-0.15, -0.1) is 0 Å². The highest BCUT2D eigenvalue weighted by atomic mass is 79.9. The van der Waals surface area contributed by atoms with Crippen LogP contribution in [0.5, 0.6) is 0 Å². The molecule has 0 saturated carbocycles. The van der Waals surface area contributed by atoms with Crippen LogP contribution in [0.3, 0.4) is 0 Å². The van der Waals surface area contributed by atoms with Gasteiger partial charge < -0.3 is 10.7 Å². The standard InChI is InChI=1S/C9H5BrN4O2/c10-4-1-5-6(13-3-15)7(8(11)16)14-9(5)12-2-4/h1-2H,(H2,11,16)(H,12,14). The molecular formula is C9H5BrN4O2. The second kappa shape index (κ2) is 3.88. The number of aromatic nitrogens is 2. The van der Waals surface area contributed by atoms with Crippen molar-refractivity contribution in [1.82, 2.24) is 9.97 Å². The quantitative estimate of drug-likeness (QED) is 0.642. The first-order valence-corrected chi connectivity index (χ1v) is 4.97. The van der Waals surface area contributed by atoms with Crippen molar-refractivity contribution in [2.45, 2.75) is 0 Å². The molecule has 0 radical (unpaired) electrons. The number of isocyanates is 1. The van der Waals surface area contributed by atoms with Crippen LogP contribution in [0.4, 0.5) is 5.69 Å². The smallest absolute Gasteiger partial charge is 0.267 e. The van der Waals surface area contributed by atoms with Crippen LogP contribution < -0.4 is 5.73 Å². The Labute approximate surface area is 97.7 Å². The normalized spacial score (nSPS) is 10.1. The molecule has 80 valence electrons. The summed E-state index contributed by atoms with van der Waals surface area (Å²) in [4.78, 5) is 31.6. The van der Waals surface area contributed by atoms with Gasteiger partial charge in [-0.3, -0.25) is 4.79 Å². The van der Waals surface area contributed by atoms with E-state index in [2.05, 4.69) is 30.9 Å². The van der Waals surface area contributed by atoms with Gasteiger partial charge in [-0.2, -0.15) is 4.99 Å². The Morgan fingerprint density at radius 1 is 1.62 bits per heavy atom. The van der Waals surface area contributed by atoms with Crippen molar-refractivity contribution < 1.29 is 9.59 Å². The van der Waals surface area contributed by atoms with Crippen LogP contribution in [0.25, 0.3) is 11.0 Å². The number of nitrogens with two attached hydrogens (primary N) is 1. The summed E-state index contributed by atoms with van der Waals surface area (Å²) in [5, 5.41) is 0.534. The lowest BCUT2D eigenvalue weighted by molar-refractivity contribution is 0.0997. The van der Waals surface area contributed by atoms with Crippen LogP contribution in [0, 0.1) is 0 Å². The van der Waals surface area contributed by atoms with Gasteiger partial charge >= 0.3 is 0 Å². The molecule has 0 aliphatic rings. The van der Waals surface area contributed by atoms with Gasteiger partial charge in [0, 0.05) is 16.1 Å². The van der Waals surface area contributed by atoms with Gasteiger partial charge in [0.15, 0.2) is 0 Å². The SMILES string of the molecule is NC(=O)c1[nH]c2ncc(Br)cc2c1N=C=O. The fourth-order valence-electron chi connectivity index (χ4n) is 1.37. The van der Waals surface area contributed by atoms with Crippen LogP contribution in [-0.4, -0.2) is 22.0 Å². The van der Waals surface area contributed by atoms with E-state index in [4.69, 9.17) is 5.73 Å². The van der Waals surface area contributed by atoms with Gasteiger partial charge in [0.1, 0.15) is 17.0 Å². The van der Waals surface area contributed by atoms with Crippen molar-refractivity contribution >= 4 is 44.6 Å². The van der Waals surface area contributed by atoms with Crippen molar-refractivity contribution in [1.29, 1.82) is 0 Å². The summed E-state index contributed by atoms with van der Waals surface area (Å²) < 4.78 is 0.706. The molecule has 0 fully saturated rings. The molecule has 0 aliphatic carbocycles. The number of H-pyrrole nitrogens is 1. The summed E-state index contributed by atoms with van der Waals surface area (Å²) in [6.07, 6.45) is 2.93. The molecule has 0 spiro atoms. The zero-order chi connectivity index (χ0) is 11.7. The van der Waals surface area contributed by atoms with Crippen molar-refractivity contribution in [2.75, 3.05) is 0 Å². The lowest BCUT2D eigenvalue weighted by atomic mass is 10.2. The summed E-state index contributed by atoms with van der Waals surface area (Å²) in [6.45, 7) is 0. The van der Waals surface area contributed by atoms with Gasteiger partial charge in [0.25, 0.3) is 5.91 Å². The maximum atomic E-state index is 11.1. The van der Waals surface area contributed by atoms with Gasteiger partial charge in [0.2, 0.25) is 6.08 Å². The molecule has 3 N–H and O–H groups in total. The van der Waals surface area contributed by atoms with E-state index in [1.807, 2.05) is 0 Å². The summed E-state index contributed by atoms with van der Waals surface area (Å²) in [5.41, 5.74) is 5.79. The number of nitrogens with one attached hydrogen (secondary N) is 1. The van der Waals surface area contributed by atoms with E-state index in [0.29, 0.717) is 15.5 Å². The van der Waals surface area contributed by atoms with E-state index in [1.54, 1.807) is 12.3 Å². The number of rotatable bonds is 2. The molecule has 0 unspecified atom stereocenters. The van der Waals surface area contributed by atoms with Gasteiger partial charge in [-0.25, -0.2) is 9.78 Å². The highest BCUT2D eigenvalue weighted by Gasteiger charge is 2.16. The third-order valence-electron chi connectivity index (χ3n) is 1.99. The molecule has 7 heteroatoms. The third kappa shape index (κ3) is 1.62. The summed E-state index contributed by atoms with van der Waals surface area (Å²) in [6, 6.07) is 1.68. The first-order valence-electron chi connectivity index (χ1n) is 4.18. The Balaban J connectivity index is 2.87. The second-order valence-electron chi connectivity index (χ2n) is 2.97. The zero-order valence-corrected chi connectivity index (χ0v) is 9.41. The van der Waals surface area contributed by atoms with E-state index >= 15 is 0 Å². The van der Waals surface area contributed by atoms with Crippen LogP contribution in [-0.2, 0) is 4.79 Å². The van der Waals surface area contributed by atoms with Crippen LogP contribution in [0.15, 0.2) is 21.7 Å². The number of aliphatic imine (C=N–C) groups is 1. The molecule has 0 saturated heterocycles. The predicted octanol–water partition coefficient (Wildman–Crippen LogP) is 1.39. The van der Waals surface area contributed by atoms with Crippen molar-refractivity contribution in [3.05, 3.63) is 22.4 Å². The monoisotopic (exact) mass is 280 g/mol. The number of carbonyl (C=O) groups is 1. The molecule has 2 aromatic rings. The lowest BCUT2D eigenvalue weighted by Crippen LogP contribution is -2.11. The first kappa shape index (κ1) is 10.5. The highest BCUT2D eigenvalue weighted by Crippen LogP contribution is 2.30. The number of halogens is 1. The number of hydrogen-bond acceptors (Lipinski definition) is 4. The minimum absolute atomic E-state index is 0.0453. The van der Waals surface area contributed by atoms with Crippen LogP contribution in [0.2, 0.25) is 0 Å². The number of amides is 1. The number of fused-ring (bicyclic) bond motifs is 1. The Morgan fingerprint density at radius 2 is 2.38 bits per heavy atom. The maximum absolute atomic E-state index is 11.1. The molecule has 2 rings (SSSR count). The molecule has 6 nitrogen and oxygen atoms in total. The molecule has 0 aromatic carbocycles. The van der Waals surface area contributed by atoms with Crippen molar-refractivity contribution in [3.8, 4) is 0 Å². The Kier molecular flexibility index (Phi) is 2.55. The molecule has 2 aromatic heterocycles. The van der Waals surface area contributed by atoms with E-state index in [9.17, 15) is 9.59 Å². The Morgan fingerprint density at radius 3 is 3.00 bits per heavy atom. The maximum Gasteiger partial charge on any atom is 0.267 e. The lowest BCUT2D eigenvalue weighted by Gasteiger charge is -1.91. The number of carbonyl (C=O) groups excluding carboxylic acids is 2. The number of pyridine rings is 1. The van der Waals surface area contributed by atoms with Gasteiger partial charge in [0.05, 0.1) is 0 Å². The van der Waals surface area contributed by atoms with Crippen molar-refractivity contribution in [2.24, 2.45) is 10.7 Å². The van der Waals surface area contributed by atoms with E-state index in [1.165, 1.54) is 6.08 Å². The molecule has 16 heavy (non-hydrogen) atoms. The van der Waals surface area contributed by atoms with E-state index < -0.39 is 5.91 Å². The number of nitrogens with zero attached hydrogens (tertiary/aromatic N) is 2. The number of aromatic amines is 1. The summed E-state index contributed by atoms with van der Waals surface area (Å²) in [7, 11) is 0. The highest BCUT2D eigenvalue weighted by molar-refractivity contribution is 9.10. The predicted molar refractivity (Wildman–Crippen MR) is 60.1 cm³/mol. The topological polar surface area (TPSA) is 101 Å². The average molecular weight is 281 g/mol. The number of hydrogen-bond donors (Lipinski definition) is 2. The molecule has 2 heterocycles. The van der Waals surface area contributed by atoms with Crippen molar-refractivity contribution in [3.63, 3.8) is 0 Å². The van der Waals surface area contributed by atoms with E-state index in [0.717, 1.165) is 0 Å². The largest absolute Gasteiger partial charge is 0.364 e. The summed E-state index contributed by atoms with van der Waals surface area (Å²) >= 11 is 3.23. The van der Waals surface area contributed by atoms with Crippen LogP contribution >= 0.6 is 15.9 Å². The fourth-order valence-corrected chi connectivity index (χ4v) is 1.70. The van der Waals surface area contributed by atoms with Gasteiger partial charge in [-0.1, -0.05) is 0 Å². The summed E-state index contributed by atoms with van der Waals surface area (Å²) in [5.74, 6) is -0.705. The molecule has 1 amide bonds. The van der Waals surface area contributed by atoms with Gasteiger partial charge in [-0.05, 0) is 22.0 Å². The minimum atomic E-state index is -0.705. The van der Waals surface area contributed by atoms with Crippen LogP contribution in [0.1, 0.15) is 10.5 Å². The number of primary amides is 1. The molecule has 0 atom stereocenters. The first-order chi connectivity index (χ1) is 7.63. The Hall–Kier alpha value is -1.98. The minimum Gasteiger partial charge on any atom is -0.364 e. The average Bonchev–Trinajstić information content (AvgIpc) is 2.58. The fraction of sp³-hybridized carbons (Fsp3) is 0. The molecular weight excluding hydrogens is 276 g/mol. The van der Waals surface area contributed by atoms with E-state index in [-0.39, 0.29) is 11.4 Å². The Bertz CT molecular complexity index is 628. The second-order valence-corrected chi connectivity index (χ2v) is 3.88.